The maximum atomic E-state index is 11.6. The number of rotatable bonds is 7. The Balaban J connectivity index is 1.81. The van der Waals surface area contributed by atoms with Crippen molar-refractivity contribution in [1.82, 2.24) is 10.3 Å². The molecule has 0 saturated heterocycles. The van der Waals surface area contributed by atoms with Crippen molar-refractivity contribution in [2.24, 2.45) is 5.73 Å². The van der Waals surface area contributed by atoms with Crippen molar-refractivity contribution in [3.63, 3.8) is 0 Å². The van der Waals surface area contributed by atoms with Crippen LogP contribution in [0.1, 0.15) is 18.4 Å². The zero-order chi connectivity index (χ0) is 16.1. The third kappa shape index (κ3) is 3.98. The second-order valence-electron chi connectivity index (χ2n) is 5.13. The molecule has 1 unspecified atom stereocenters. The molecule has 0 fully saturated rings. The number of hydrogen-bond acceptors (Lipinski definition) is 4. The van der Waals surface area contributed by atoms with Crippen molar-refractivity contribution in [2.45, 2.75) is 25.3 Å². The van der Waals surface area contributed by atoms with Crippen LogP contribution in [0.15, 0.2) is 24.4 Å². The number of phenols is 1. The Morgan fingerprint density at radius 2 is 2.14 bits per heavy atom. The number of carboxylic acids is 1. The highest BCUT2D eigenvalue weighted by Gasteiger charge is 2.13. The Hall–Kier alpha value is -2.54. The SMILES string of the molecule is NC(CCC(=O)NCCc1c[nH]c2ccc(O)cc12)C(=O)O. The van der Waals surface area contributed by atoms with Crippen LogP contribution in [-0.4, -0.2) is 39.7 Å². The molecular formula is C15H19N3O4. The highest BCUT2D eigenvalue weighted by atomic mass is 16.4. The number of aliphatic carboxylic acids is 1. The minimum atomic E-state index is -1.11. The van der Waals surface area contributed by atoms with Crippen LogP contribution in [0.2, 0.25) is 0 Å². The lowest BCUT2D eigenvalue weighted by molar-refractivity contribution is -0.138. The molecule has 2 aromatic rings. The van der Waals surface area contributed by atoms with E-state index in [0.717, 1.165) is 16.5 Å². The van der Waals surface area contributed by atoms with Crippen molar-refractivity contribution in [2.75, 3.05) is 6.54 Å². The quantitative estimate of drug-likeness (QED) is 0.515. The first kappa shape index (κ1) is 15.8. The number of aromatic hydroxyl groups is 1. The number of aromatic nitrogens is 1. The standard InChI is InChI=1S/C15H19N3O4/c16-12(15(21)22)2-4-14(20)17-6-5-9-8-18-13-3-1-10(19)7-11(9)13/h1,3,7-8,12,18-19H,2,4-6,16H2,(H,17,20)(H,21,22). The second-order valence-corrected chi connectivity index (χ2v) is 5.13. The smallest absolute Gasteiger partial charge is 0.320 e. The molecule has 0 aliphatic heterocycles. The number of nitrogens with one attached hydrogen (secondary N) is 2. The summed E-state index contributed by atoms with van der Waals surface area (Å²) in [5.74, 6) is -1.13. The summed E-state index contributed by atoms with van der Waals surface area (Å²) in [6, 6.07) is 4.06. The monoisotopic (exact) mass is 305 g/mol. The van der Waals surface area contributed by atoms with E-state index in [2.05, 4.69) is 10.3 Å². The predicted molar refractivity (Wildman–Crippen MR) is 81.5 cm³/mol. The van der Waals surface area contributed by atoms with Crippen LogP contribution in [0, 0.1) is 0 Å². The van der Waals surface area contributed by atoms with E-state index in [0.29, 0.717) is 13.0 Å². The molecule has 1 atom stereocenters. The fraction of sp³-hybridized carbons (Fsp3) is 0.333. The summed E-state index contributed by atoms with van der Waals surface area (Å²) in [5.41, 5.74) is 7.26. The van der Waals surface area contributed by atoms with Crippen LogP contribution < -0.4 is 11.1 Å². The molecule has 2 rings (SSSR count). The number of nitrogens with two attached hydrogens (primary N) is 1. The van der Waals surface area contributed by atoms with Gasteiger partial charge in [-0.1, -0.05) is 0 Å². The lowest BCUT2D eigenvalue weighted by Gasteiger charge is -2.07. The van der Waals surface area contributed by atoms with Crippen molar-refractivity contribution in [3.05, 3.63) is 30.0 Å². The number of aromatic amines is 1. The third-order valence-electron chi connectivity index (χ3n) is 3.47. The van der Waals surface area contributed by atoms with E-state index in [1.807, 2.05) is 6.20 Å². The van der Waals surface area contributed by atoms with Crippen molar-refractivity contribution < 1.29 is 19.8 Å². The first-order valence-corrected chi connectivity index (χ1v) is 7.01. The van der Waals surface area contributed by atoms with Crippen LogP contribution in [0.25, 0.3) is 10.9 Å². The molecule has 118 valence electrons. The van der Waals surface area contributed by atoms with E-state index in [4.69, 9.17) is 10.8 Å². The molecule has 1 aromatic heterocycles. The summed E-state index contributed by atoms with van der Waals surface area (Å²) in [6.07, 6.45) is 2.65. The van der Waals surface area contributed by atoms with Crippen molar-refractivity contribution in [1.29, 1.82) is 0 Å². The Bertz CT molecular complexity index is 680. The van der Waals surface area contributed by atoms with E-state index >= 15 is 0 Å². The Morgan fingerprint density at radius 1 is 1.36 bits per heavy atom. The lowest BCUT2D eigenvalue weighted by atomic mass is 10.1. The highest BCUT2D eigenvalue weighted by molar-refractivity contribution is 5.84. The van der Waals surface area contributed by atoms with Crippen molar-refractivity contribution >= 4 is 22.8 Å². The fourth-order valence-corrected chi connectivity index (χ4v) is 2.21. The molecule has 1 heterocycles. The molecule has 7 heteroatoms. The van der Waals surface area contributed by atoms with Gasteiger partial charge in [-0.25, -0.2) is 0 Å². The number of amides is 1. The summed E-state index contributed by atoms with van der Waals surface area (Å²) in [7, 11) is 0. The summed E-state index contributed by atoms with van der Waals surface area (Å²) >= 11 is 0. The minimum Gasteiger partial charge on any atom is -0.508 e. The molecule has 0 saturated carbocycles. The van der Waals surface area contributed by atoms with Gasteiger partial charge in [0.05, 0.1) is 0 Å². The molecule has 1 aromatic carbocycles. The topological polar surface area (TPSA) is 128 Å². The lowest BCUT2D eigenvalue weighted by Crippen LogP contribution is -2.33. The van der Waals surface area contributed by atoms with Gasteiger partial charge < -0.3 is 26.2 Å². The van der Waals surface area contributed by atoms with Crippen LogP contribution in [0.3, 0.4) is 0 Å². The number of fused-ring (bicyclic) bond motifs is 1. The average molecular weight is 305 g/mol. The molecule has 0 spiro atoms. The van der Waals surface area contributed by atoms with Gasteiger partial charge in [0.25, 0.3) is 0 Å². The Kier molecular flexibility index (Phi) is 5.00. The van der Waals surface area contributed by atoms with E-state index in [1.54, 1.807) is 18.2 Å². The molecule has 0 aliphatic rings. The van der Waals surface area contributed by atoms with Crippen LogP contribution in [0.5, 0.6) is 5.75 Å². The molecular weight excluding hydrogens is 286 g/mol. The number of carboxylic acid groups (broad SMARTS) is 1. The summed E-state index contributed by atoms with van der Waals surface area (Å²) < 4.78 is 0. The maximum absolute atomic E-state index is 11.6. The molecule has 0 radical (unpaired) electrons. The molecule has 7 nitrogen and oxygen atoms in total. The summed E-state index contributed by atoms with van der Waals surface area (Å²) in [6.45, 7) is 0.434. The minimum absolute atomic E-state index is 0.0855. The molecule has 1 amide bonds. The van der Waals surface area contributed by atoms with Gasteiger partial charge in [-0.15, -0.1) is 0 Å². The zero-order valence-electron chi connectivity index (χ0n) is 12.0. The first-order chi connectivity index (χ1) is 10.5. The third-order valence-corrected chi connectivity index (χ3v) is 3.47. The molecule has 0 aliphatic carbocycles. The number of hydrogen-bond donors (Lipinski definition) is 5. The fourth-order valence-electron chi connectivity index (χ4n) is 2.21. The number of carbonyl (C=O) groups is 2. The summed E-state index contributed by atoms with van der Waals surface area (Å²) in [5, 5.41) is 21.8. The van der Waals surface area contributed by atoms with Gasteiger partial charge in [-0.2, -0.15) is 0 Å². The molecule has 0 bridgehead atoms. The van der Waals surface area contributed by atoms with Gasteiger partial charge in [0.2, 0.25) is 5.91 Å². The van der Waals surface area contributed by atoms with E-state index in [-0.39, 0.29) is 24.5 Å². The number of phenolic OH excluding ortho intramolecular Hbond substituents is 1. The number of H-pyrrole nitrogens is 1. The zero-order valence-corrected chi connectivity index (χ0v) is 12.0. The summed E-state index contributed by atoms with van der Waals surface area (Å²) in [4.78, 5) is 25.3. The number of benzene rings is 1. The normalized spacial score (nSPS) is 12.2. The predicted octanol–water partition coefficient (Wildman–Crippen LogP) is 0.724. The average Bonchev–Trinajstić information content (AvgIpc) is 2.87. The Morgan fingerprint density at radius 3 is 2.86 bits per heavy atom. The van der Waals surface area contributed by atoms with Crippen LogP contribution in [0.4, 0.5) is 0 Å². The van der Waals surface area contributed by atoms with Gasteiger partial charge in [0.15, 0.2) is 0 Å². The second kappa shape index (κ2) is 6.95. The largest absolute Gasteiger partial charge is 0.508 e. The van der Waals surface area contributed by atoms with Gasteiger partial charge >= 0.3 is 5.97 Å². The number of carbonyl (C=O) groups excluding carboxylic acids is 1. The van der Waals surface area contributed by atoms with Gasteiger partial charge in [0.1, 0.15) is 11.8 Å². The highest BCUT2D eigenvalue weighted by Crippen LogP contribution is 2.22. The molecule has 22 heavy (non-hydrogen) atoms. The van der Waals surface area contributed by atoms with Crippen LogP contribution in [-0.2, 0) is 16.0 Å². The molecule has 6 N–H and O–H groups in total. The van der Waals surface area contributed by atoms with Gasteiger partial charge in [-0.05, 0) is 36.6 Å². The van der Waals surface area contributed by atoms with Gasteiger partial charge in [0, 0.05) is 30.1 Å². The van der Waals surface area contributed by atoms with Gasteiger partial charge in [-0.3, -0.25) is 9.59 Å². The van der Waals surface area contributed by atoms with E-state index in [1.165, 1.54) is 0 Å². The van der Waals surface area contributed by atoms with Crippen molar-refractivity contribution in [3.8, 4) is 5.75 Å². The maximum Gasteiger partial charge on any atom is 0.320 e. The first-order valence-electron chi connectivity index (χ1n) is 7.01. The Labute approximate surface area is 127 Å². The van der Waals surface area contributed by atoms with E-state index < -0.39 is 12.0 Å². The van der Waals surface area contributed by atoms with Crippen LogP contribution >= 0.6 is 0 Å². The van der Waals surface area contributed by atoms with E-state index in [9.17, 15) is 14.7 Å².